The van der Waals surface area contributed by atoms with Gasteiger partial charge in [0.05, 0.1) is 12.0 Å². The average molecular weight is 361 g/mol. The third kappa shape index (κ3) is 4.65. The molecule has 1 aliphatic rings. The molecule has 1 amide bonds. The number of carbonyl (C=O) groups excluding carboxylic acids is 1. The Bertz CT molecular complexity index is 742. The number of hydrogen-bond donors (Lipinski definition) is 0. The van der Waals surface area contributed by atoms with Crippen LogP contribution in [0.25, 0.3) is 0 Å². The third-order valence-electron chi connectivity index (χ3n) is 4.90. The quantitative estimate of drug-likeness (QED) is 0.750. The maximum atomic E-state index is 12.9. The van der Waals surface area contributed by atoms with Gasteiger partial charge in [-0.25, -0.2) is 0 Å². The van der Waals surface area contributed by atoms with Crippen LogP contribution in [0.5, 0.6) is 0 Å². The van der Waals surface area contributed by atoms with Crippen molar-refractivity contribution >= 4 is 5.91 Å². The van der Waals surface area contributed by atoms with E-state index in [1.54, 1.807) is 6.07 Å². The lowest BCUT2D eigenvalue weighted by Gasteiger charge is -2.25. The van der Waals surface area contributed by atoms with Crippen molar-refractivity contribution in [2.24, 2.45) is 0 Å². The van der Waals surface area contributed by atoms with Gasteiger partial charge in [-0.3, -0.25) is 4.79 Å². The van der Waals surface area contributed by atoms with Crippen molar-refractivity contribution in [3.63, 3.8) is 0 Å². The van der Waals surface area contributed by atoms with E-state index < -0.39 is 11.7 Å². The molecule has 0 saturated carbocycles. The molecule has 1 heterocycles. The maximum Gasteiger partial charge on any atom is 0.416 e. The summed E-state index contributed by atoms with van der Waals surface area (Å²) in [6.07, 6.45) is -1.38. The van der Waals surface area contributed by atoms with Crippen LogP contribution in [0, 0.1) is 0 Å². The molecule has 2 nitrogen and oxygen atoms in total. The molecule has 0 bridgehead atoms. The molecule has 0 radical (unpaired) electrons. The highest BCUT2D eigenvalue weighted by Gasteiger charge is 2.30. The summed E-state index contributed by atoms with van der Waals surface area (Å²) in [7, 11) is 0. The zero-order chi connectivity index (χ0) is 18.6. The smallest absolute Gasteiger partial charge is 0.342 e. The van der Waals surface area contributed by atoms with Crippen LogP contribution in [0.3, 0.4) is 0 Å². The van der Waals surface area contributed by atoms with E-state index in [0.717, 1.165) is 31.4 Å². The van der Waals surface area contributed by atoms with Crippen molar-refractivity contribution in [2.75, 3.05) is 13.1 Å². The van der Waals surface area contributed by atoms with Gasteiger partial charge >= 0.3 is 6.18 Å². The number of carbonyl (C=O) groups is 1. The summed E-state index contributed by atoms with van der Waals surface area (Å²) in [4.78, 5) is 14.5. The number of rotatable bonds is 3. The molecule has 1 atom stereocenters. The molecule has 0 N–H and O–H groups in total. The molecule has 2 aromatic carbocycles. The van der Waals surface area contributed by atoms with Crippen molar-refractivity contribution in [3.8, 4) is 0 Å². The SMILES string of the molecule is O=C(Cc1cccc(C(F)(F)F)c1)N1CCCCC(c2ccccc2)C1. The third-order valence-corrected chi connectivity index (χ3v) is 4.90. The Morgan fingerprint density at radius 2 is 1.81 bits per heavy atom. The van der Waals surface area contributed by atoms with Crippen LogP contribution in [0.15, 0.2) is 54.6 Å². The first-order valence-corrected chi connectivity index (χ1v) is 8.92. The predicted molar refractivity (Wildman–Crippen MR) is 94.8 cm³/mol. The van der Waals surface area contributed by atoms with Gasteiger partial charge in [-0.15, -0.1) is 0 Å². The van der Waals surface area contributed by atoms with Crippen molar-refractivity contribution in [2.45, 2.75) is 37.8 Å². The van der Waals surface area contributed by atoms with Gasteiger partial charge in [-0.05, 0) is 30.0 Å². The van der Waals surface area contributed by atoms with E-state index in [-0.39, 0.29) is 18.2 Å². The fourth-order valence-electron chi connectivity index (χ4n) is 3.51. The number of halogens is 3. The second-order valence-corrected chi connectivity index (χ2v) is 6.82. The summed E-state index contributed by atoms with van der Waals surface area (Å²) >= 11 is 0. The fourth-order valence-corrected chi connectivity index (χ4v) is 3.51. The number of likely N-dealkylation sites (tertiary alicyclic amines) is 1. The van der Waals surface area contributed by atoms with Crippen LogP contribution >= 0.6 is 0 Å². The Morgan fingerprint density at radius 3 is 2.54 bits per heavy atom. The molecule has 1 aliphatic heterocycles. The van der Waals surface area contributed by atoms with Crippen LogP contribution in [-0.4, -0.2) is 23.9 Å². The van der Waals surface area contributed by atoms with Crippen LogP contribution in [-0.2, 0) is 17.4 Å². The van der Waals surface area contributed by atoms with Gasteiger partial charge in [0, 0.05) is 19.0 Å². The number of benzene rings is 2. The van der Waals surface area contributed by atoms with E-state index in [4.69, 9.17) is 0 Å². The first kappa shape index (κ1) is 18.5. The van der Waals surface area contributed by atoms with E-state index in [1.807, 2.05) is 23.1 Å². The van der Waals surface area contributed by atoms with Gasteiger partial charge in [0.25, 0.3) is 0 Å². The minimum Gasteiger partial charge on any atom is -0.342 e. The molecule has 1 unspecified atom stereocenters. The fraction of sp³-hybridized carbons (Fsp3) is 0.381. The molecular weight excluding hydrogens is 339 g/mol. The molecule has 0 aromatic heterocycles. The summed E-state index contributed by atoms with van der Waals surface area (Å²) in [5.41, 5.74) is 0.914. The van der Waals surface area contributed by atoms with Gasteiger partial charge < -0.3 is 4.90 Å². The zero-order valence-electron chi connectivity index (χ0n) is 14.5. The standard InChI is InChI=1S/C21H22F3NO/c22-21(23,24)19-11-6-7-16(13-19)14-20(26)25-12-5-4-10-18(15-25)17-8-2-1-3-9-17/h1-3,6-9,11,13,18H,4-5,10,12,14-15H2. The lowest BCUT2D eigenvalue weighted by molar-refractivity contribution is -0.138. The number of hydrogen-bond acceptors (Lipinski definition) is 1. The van der Waals surface area contributed by atoms with Gasteiger partial charge in [-0.2, -0.15) is 13.2 Å². The Kier molecular flexibility index (Phi) is 5.64. The Hall–Kier alpha value is -2.30. The van der Waals surface area contributed by atoms with Gasteiger partial charge in [-0.1, -0.05) is 55.0 Å². The molecule has 26 heavy (non-hydrogen) atoms. The molecule has 0 spiro atoms. The monoisotopic (exact) mass is 361 g/mol. The van der Waals surface area contributed by atoms with Crippen molar-refractivity contribution in [3.05, 3.63) is 71.3 Å². The summed E-state index contributed by atoms with van der Waals surface area (Å²) in [6, 6.07) is 15.2. The first-order chi connectivity index (χ1) is 12.4. The van der Waals surface area contributed by atoms with Crippen LogP contribution in [0.1, 0.15) is 41.9 Å². The minimum atomic E-state index is -4.39. The topological polar surface area (TPSA) is 20.3 Å². The molecule has 1 saturated heterocycles. The molecular formula is C21H22F3NO. The molecule has 138 valence electrons. The van der Waals surface area contributed by atoms with E-state index in [2.05, 4.69) is 12.1 Å². The molecule has 3 rings (SSSR count). The molecule has 0 aliphatic carbocycles. The normalized spacial score (nSPS) is 18.4. The number of amides is 1. The summed E-state index contributed by atoms with van der Waals surface area (Å²) in [5.74, 6) is 0.177. The summed E-state index contributed by atoms with van der Waals surface area (Å²) < 4.78 is 38.6. The molecule has 5 heteroatoms. The Morgan fingerprint density at radius 1 is 1.04 bits per heavy atom. The Labute approximate surface area is 151 Å². The first-order valence-electron chi connectivity index (χ1n) is 8.92. The average Bonchev–Trinajstić information content (AvgIpc) is 2.88. The highest BCUT2D eigenvalue weighted by atomic mass is 19.4. The lowest BCUT2D eigenvalue weighted by Crippen LogP contribution is -2.35. The van der Waals surface area contributed by atoms with E-state index in [0.29, 0.717) is 18.7 Å². The van der Waals surface area contributed by atoms with Crippen molar-refractivity contribution in [1.82, 2.24) is 4.90 Å². The maximum absolute atomic E-state index is 12.9. The van der Waals surface area contributed by atoms with E-state index in [9.17, 15) is 18.0 Å². The Balaban J connectivity index is 1.70. The predicted octanol–water partition coefficient (Wildman–Crippen LogP) is 5.04. The van der Waals surface area contributed by atoms with Crippen LogP contribution in [0.2, 0.25) is 0 Å². The second-order valence-electron chi connectivity index (χ2n) is 6.82. The van der Waals surface area contributed by atoms with Gasteiger partial charge in [0.2, 0.25) is 5.91 Å². The van der Waals surface area contributed by atoms with E-state index >= 15 is 0 Å². The van der Waals surface area contributed by atoms with Gasteiger partial charge in [0.15, 0.2) is 0 Å². The van der Waals surface area contributed by atoms with Crippen molar-refractivity contribution in [1.29, 1.82) is 0 Å². The van der Waals surface area contributed by atoms with Gasteiger partial charge in [0.1, 0.15) is 0 Å². The molecule has 1 fully saturated rings. The summed E-state index contributed by atoms with van der Waals surface area (Å²) in [6.45, 7) is 1.29. The summed E-state index contributed by atoms with van der Waals surface area (Å²) in [5, 5.41) is 0. The lowest BCUT2D eigenvalue weighted by atomic mass is 9.94. The zero-order valence-corrected chi connectivity index (χ0v) is 14.5. The van der Waals surface area contributed by atoms with Crippen molar-refractivity contribution < 1.29 is 18.0 Å². The number of alkyl halides is 3. The van der Waals surface area contributed by atoms with Crippen LogP contribution in [0.4, 0.5) is 13.2 Å². The minimum absolute atomic E-state index is 0.00539. The van der Waals surface area contributed by atoms with E-state index in [1.165, 1.54) is 11.6 Å². The van der Waals surface area contributed by atoms with Crippen LogP contribution < -0.4 is 0 Å². The second kappa shape index (κ2) is 7.94. The largest absolute Gasteiger partial charge is 0.416 e. The number of nitrogens with zero attached hydrogens (tertiary/aromatic N) is 1. The molecule has 2 aromatic rings. The highest BCUT2D eigenvalue weighted by Crippen LogP contribution is 2.30. The highest BCUT2D eigenvalue weighted by molar-refractivity contribution is 5.79.